The van der Waals surface area contributed by atoms with Crippen LogP contribution in [0.5, 0.6) is 5.75 Å². The third-order valence-corrected chi connectivity index (χ3v) is 3.87. The lowest BCUT2D eigenvalue weighted by molar-refractivity contribution is 0.187. The number of aliphatic hydroxyl groups is 1. The van der Waals surface area contributed by atoms with Crippen molar-refractivity contribution in [1.29, 1.82) is 0 Å². The Hall–Kier alpha value is -0.580. The highest BCUT2D eigenvalue weighted by atomic mass is 79.9. The van der Waals surface area contributed by atoms with Crippen LogP contribution < -0.4 is 10.1 Å². The van der Waals surface area contributed by atoms with Crippen molar-refractivity contribution in [1.82, 2.24) is 5.32 Å². The first-order valence-electron chi connectivity index (χ1n) is 6.87. The van der Waals surface area contributed by atoms with Gasteiger partial charge in [-0.25, -0.2) is 0 Å². The lowest BCUT2D eigenvalue weighted by Crippen LogP contribution is -2.40. The zero-order chi connectivity index (χ0) is 13.8. The van der Waals surface area contributed by atoms with Crippen LogP contribution in [0.1, 0.15) is 25.8 Å². The number of hydrogen-bond donors (Lipinski definition) is 2. The first-order valence-corrected chi connectivity index (χ1v) is 7.67. The first-order chi connectivity index (χ1) is 9.08. The van der Waals surface area contributed by atoms with Gasteiger partial charge in [-0.05, 0) is 36.1 Å². The van der Waals surface area contributed by atoms with Gasteiger partial charge in [0.25, 0.3) is 0 Å². The topological polar surface area (TPSA) is 41.5 Å². The number of aliphatic hydroxyl groups excluding tert-OH is 1. The molecule has 0 aromatic heterocycles. The Morgan fingerprint density at radius 2 is 2.26 bits per heavy atom. The van der Waals surface area contributed by atoms with Crippen LogP contribution in [0, 0.1) is 5.92 Å². The third-order valence-electron chi connectivity index (χ3n) is 3.37. The fourth-order valence-corrected chi connectivity index (χ4v) is 2.90. The number of halogens is 1. The Bertz CT molecular complexity index is 423. The van der Waals surface area contributed by atoms with E-state index < -0.39 is 0 Å². The van der Waals surface area contributed by atoms with E-state index in [-0.39, 0.29) is 18.8 Å². The van der Waals surface area contributed by atoms with Gasteiger partial charge in [-0.1, -0.05) is 29.8 Å². The Morgan fingerprint density at radius 1 is 1.47 bits per heavy atom. The highest BCUT2D eigenvalue weighted by molar-refractivity contribution is 9.10. The molecule has 1 aliphatic heterocycles. The average molecular weight is 328 g/mol. The summed E-state index contributed by atoms with van der Waals surface area (Å²) in [4.78, 5) is 0. The molecule has 19 heavy (non-hydrogen) atoms. The molecule has 0 bridgehead atoms. The first kappa shape index (κ1) is 14.8. The summed E-state index contributed by atoms with van der Waals surface area (Å²) in [6, 6.07) is 6.30. The summed E-state index contributed by atoms with van der Waals surface area (Å²) in [5, 5.41) is 12.8. The molecule has 1 aromatic rings. The lowest BCUT2D eigenvalue weighted by Gasteiger charge is -2.20. The minimum absolute atomic E-state index is 0.166. The molecule has 0 amide bonds. The van der Waals surface area contributed by atoms with Gasteiger partial charge in [0.2, 0.25) is 0 Å². The van der Waals surface area contributed by atoms with Crippen molar-refractivity contribution in [2.75, 3.05) is 13.2 Å². The zero-order valence-corrected chi connectivity index (χ0v) is 13.1. The minimum Gasteiger partial charge on any atom is -0.488 e. The van der Waals surface area contributed by atoms with Crippen LogP contribution in [-0.4, -0.2) is 30.4 Å². The molecule has 0 spiro atoms. The summed E-state index contributed by atoms with van der Waals surface area (Å²) in [7, 11) is 0. The molecule has 2 N–H and O–H groups in total. The summed E-state index contributed by atoms with van der Waals surface area (Å²) in [6.45, 7) is 5.31. The summed E-state index contributed by atoms with van der Waals surface area (Å²) in [6.07, 6.45) is 2.09. The quantitative estimate of drug-likeness (QED) is 0.844. The van der Waals surface area contributed by atoms with Gasteiger partial charge in [0, 0.05) is 23.5 Å². The molecule has 2 unspecified atom stereocenters. The molecule has 106 valence electrons. The highest BCUT2D eigenvalue weighted by Crippen LogP contribution is 2.30. The molecule has 4 heteroatoms. The maximum absolute atomic E-state index is 9.35. The standard InChI is InChI=1S/C15H22BrNO2/c1-10(2)5-13(9-18)17-8-14-7-11-6-12(16)3-4-15(11)19-14/h3-4,6,10,13-14,17-18H,5,7-9H2,1-2H3. The second kappa shape index (κ2) is 6.73. The molecule has 0 radical (unpaired) electrons. The Kier molecular flexibility index (Phi) is 5.25. The summed E-state index contributed by atoms with van der Waals surface area (Å²) in [5.41, 5.74) is 1.26. The Labute approximate surface area is 123 Å². The van der Waals surface area contributed by atoms with E-state index in [0.717, 1.165) is 29.6 Å². The minimum atomic E-state index is 0.166. The van der Waals surface area contributed by atoms with E-state index in [1.54, 1.807) is 0 Å². The van der Waals surface area contributed by atoms with Crippen molar-refractivity contribution in [3.05, 3.63) is 28.2 Å². The number of benzene rings is 1. The molecule has 0 saturated carbocycles. The number of ether oxygens (including phenoxy) is 1. The molecular formula is C15H22BrNO2. The second-order valence-electron chi connectivity index (χ2n) is 5.61. The van der Waals surface area contributed by atoms with Gasteiger partial charge in [0.1, 0.15) is 11.9 Å². The number of nitrogens with one attached hydrogen (secondary N) is 1. The van der Waals surface area contributed by atoms with Crippen molar-refractivity contribution >= 4 is 15.9 Å². The third kappa shape index (κ3) is 4.20. The van der Waals surface area contributed by atoms with Crippen molar-refractivity contribution in [3.63, 3.8) is 0 Å². The van der Waals surface area contributed by atoms with Crippen LogP contribution in [0.15, 0.2) is 22.7 Å². The van der Waals surface area contributed by atoms with Crippen LogP contribution in [0.2, 0.25) is 0 Å². The maximum Gasteiger partial charge on any atom is 0.123 e. The van der Waals surface area contributed by atoms with Gasteiger partial charge < -0.3 is 15.2 Å². The Balaban J connectivity index is 1.83. The highest BCUT2D eigenvalue weighted by Gasteiger charge is 2.23. The van der Waals surface area contributed by atoms with Gasteiger partial charge in [0.05, 0.1) is 6.61 Å². The van der Waals surface area contributed by atoms with E-state index in [9.17, 15) is 5.11 Å². The predicted octanol–water partition coefficient (Wildman–Crippen LogP) is 2.75. The maximum atomic E-state index is 9.35. The van der Waals surface area contributed by atoms with Crippen LogP contribution in [0.3, 0.4) is 0 Å². The summed E-state index contributed by atoms with van der Waals surface area (Å²) >= 11 is 3.48. The molecule has 3 nitrogen and oxygen atoms in total. The van der Waals surface area contributed by atoms with Crippen LogP contribution in [-0.2, 0) is 6.42 Å². The second-order valence-corrected chi connectivity index (χ2v) is 6.53. The van der Waals surface area contributed by atoms with Gasteiger partial charge >= 0.3 is 0 Å². The Morgan fingerprint density at radius 3 is 2.95 bits per heavy atom. The zero-order valence-electron chi connectivity index (χ0n) is 11.5. The predicted molar refractivity (Wildman–Crippen MR) is 80.6 cm³/mol. The molecule has 1 heterocycles. The van der Waals surface area contributed by atoms with Crippen molar-refractivity contribution in [2.24, 2.45) is 5.92 Å². The molecule has 1 aromatic carbocycles. The molecule has 0 aliphatic carbocycles. The molecular weight excluding hydrogens is 306 g/mol. The molecule has 2 rings (SSSR count). The van der Waals surface area contributed by atoms with Gasteiger partial charge in [-0.15, -0.1) is 0 Å². The van der Waals surface area contributed by atoms with Crippen LogP contribution in [0.4, 0.5) is 0 Å². The molecule has 0 saturated heterocycles. The van der Waals surface area contributed by atoms with Crippen LogP contribution in [0.25, 0.3) is 0 Å². The fourth-order valence-electron chi connectivity index (χ4n) is 2.49. The van der Waals surface area contributed by atoms with Gasteiger partial charge in [-0.3, -0.25) is 0 Å². The van der Waals surface area contributed by atoms with Crippen molar-refractivity contribution in [3.8, 4) is 5.75 Å². The number of hydrogen-bond acceptors (Lipinski definition) is 3. The number of fused-ring (bicyclic) bond motifs is 1. The smallest absolute Gasteiger partial charge is 0.123 e. The van der Waals surface area contributed by atoms with Crippen molar-refractivity contribution in [2.45, 2.75) is 38.8 Å². The largest absolute Gasteiger partial charge is 0.488 e. The molecule has 0 fully saturated rings. The van der Waals surface area contributed by atoms with E-state index in [1.165, 1.54) is 5.56 Å². The lowest BCUT2D eigenvalue weighted by atomic mass is 10.0. The summed E-state index contributed by atoms with van der Waals surface area (Å²) in [5.74, 6) is 1.57. The van der Waals surface area contributed by atoms with Crippen LogP contribution >= 0.6 is 15.9 Å². The SMILES string of the molecule is CC(C)CC(CO)NCC1Cc2cc(Br)ccc2O1. The number of rotatable bonds is 6. The van der Waals surface area contributed by atoms with E-state index in [0.29, 0.717) is 5.92 Å². The van der Waals surface area contributed by atoms with E-state index >= 15 is 0 Å². The molecule has 2 atom stereocenters. The summed E-state index contributed by atoms with van der Waals surface area (Å²) < 4.78 is 6.99. The fraction of sp³-hybridized carbons (Fsp3) is 0.600. The molecule has 1 aliphatic rings. The average Bonchev–Trinajstić information content (AvgIpc) is 2.75. The van der Waals surface area contributed by atoms with Gasteiger partial charge in [0.15, 0.2) is 0 Å². The van der Waals surface area contributed by atoms with E-state index in [2.05, 4.69) is 41.2 Å². The monoisotopic (exact) mass is 327 g/mol. The normalized spacial score (nSPS) is 19.3. The van der Waals surface area contributed by atoms with E-state index in [4.69, 9.17) is 4.74 Å². The van der Waals surface area contributed by atoms with Gasteiger partial charge in [-0.2, -0.15) is 0 Å². The van der Waals surface area contributed by atoms with Crippen molar-refractivity contribution < 1.29 is 9.84 Å². The van der Waals surface area contributed by atoms with E-state index in [1.807, 2.05) is 12.1 Å².